The molecule has 2 atom stereocenters. The predicted octanol–water partition coefficient (Wildman–Crippen LogP) is 3.62. The van der Waals surface area contributed by atoms with Crippen LogP contribution >= 0.6 is 0 Å². The molecule has 0 aliphatic rings. The molecule has 0 aromatic carbocycles. The second kappa shape index (κ2) is 7.49. The van der Waals surface area contributed by atoms with Crippen LogP contribution in [0.2, 0.25) is 0 Å². The largest absolute Gasteiger partial charge is 0.370 e. The fraction of sp³-hybridized carbons (Fsp3) is 0.688. The van der Waals surface area contributed by atoms with Gasteiger partial charge in [0.25, 0.3) is 0 Å². The quantitative estimate of drug-likeness (QED) is 0.814. The zero-order valence-corrected chi connectivity index (χ0v) is 13.3. The van der Waals surface area contributed by atoms with E-state index < -0.39 is 0 Å². The van der Waals surface area contributed by atoms with Gasteiger partial charge in [0.1, 0.15) is 0 Å². The van der Waals surface area contributed by atoms with Gasteiger partial charge in [-0.3, -0.25) is 4.98 Å². The summed E-state index contributed by atoms with van der Waals surface area (Å²) in [7, 11) is 2.14. The maximum Gasteiger partial charge on any atom is 0.0572 e. The van der Waals surface area contributed by atoms with Crippen LogP contribution in [0.5, 0.6) is 0 Å². The average molecular weight is 263 g/mol. The topological polar surface area (TPSA) is 28.2 Å². The monoisotopic (exact) mass is 263 g/mol. The number of pyridine rings is 1. The number of anilines is 1. The summed E-state index contributed by atoms with van der Waals surface area (Å²) in [5.41, 5.74) is 2.30. The van der Waals surface area contributed by atoms with Gasteiger partial charge in [-0.05, 0) is 44.9 Å². The van der Waals surface area contributed by atoms with Crippen LogP contribution in [0.4, 0.5) is 5.69 Å². The molecule has 2 unspecified atom stereocenters. The van der Waals surface area contributed by atoms with Gasteiger partial charge in [-0.1, -0.05) is 20.8 Å². The first kappa shape index (κ1) is 16.0. The third kappa shape index (κ3) is 4.50. The molecule has 1 N–H and O–H groups in total. The summed E-state index contributed by atoms with van der Waals surface area (Å²) in [4.78, 5) is 6.89. The SMILES string of the molecule is CCCNC(C)c1ccc(N(C)C(C)C(C)C)cn1. The van der Waals surface area contributed by atoms with Gasteiger partial charge in [0.05, 0.1) is 17.6 Å². The molecule has 0 aliphatic heterocycles. The molecule has 0 saturated carbocycles. The first-order valence-corrected chi connectivity index (χ1v) is 7.39. The Hall–Kier alpha value is -1.09. The molecule has 1 aromatic rings. The van der Waals surface area contributed by atoms with Crippen LogP contribution in [0.15, 0.2) is 18.3 Å². The van der Waals surface area contributed by atoms with Crippen molar-refractivity contribution < 1.29 is 0 Å². The fourth-order valence-corrected chi connectivity index (χ4v) is 2.01. The maximum absolute atomic E-state index is 4.59. The summed E-state index contributed by atoms with van der Waals surface area (Å²) in [6.45, 7) is 12.1. The summed E-state index contributed by atoms with van der Waals surface area (Å²) in [6, 6.07) is 5.14. The summed E-state index contributed by atoms with van der Waals surface area (Å²) in [6.07, 6.45) is 3.13. The normalized spacial score (nSPS) is 14.5. The highest BCUT2D eigenvalue weighted by Crippen LogP contribution is 2.20. The lowest BCUT2D eigenvalue weighted by molar-refractivity contribution is 0.505. The van der Waals surface area contributed by atoms with Crippen LogP contribution in [-0.4, -0.2) is 24.6 Å². The van der Waals surface area contributed by atoms with E-state index >= 15 is 0 Å². The molecule has 19 heavy (non-hydrogen) atoms. The standard InChI is InChI=1S/C16H29N3/c1-7-10-17-13(4)16-9-8-15(11-18-16)19(6)14(5)12(2)3/h8-9,11-14,17H,7,10H2,1-6H3. The summed E-state index contributed by atoms with van der Waals surface area (Å²) < 4.78 is 0. The number of aromatic nitrogens is 1. The smallest absolute Gasteiger partial charge is 0.0572 e. The van der Waals surface area contributed by atoms with E-state index in [2.05, 4.69) is 69.0 Å². The minimum atomic E-state index is 0.321. The van der Waals surface area contributed by atoms with Crippen LogP contribution in [-0.2, 0) is 0 Å². The van der Waals surface area contributed by atoms with Gasteiger partial charge in [-0.25, -0.2) is 0 Å². The van der Waals surface area contributed by atoms with E-state index in [0.29, 0.717) is 18.0 Å². The van der Waals surface area contributed by atoms with Crippen LogP contribution < -0.4 is 10.2 Å². The maximum atomic E-state index is 4.59. The second-order valence-electron chi connectivity index (χ2n) is 5.71. The van der Waals surface area contributed by atoms with Gasteiger partial charge < -0.3 is 10.2 Å². The van der Waals surface area contributed by atoms with E-state index in [4.69, 9.17) is 0 Å². The molecule has 1 aromatic heterocycles. The summed E-state index contributed by atoms with van der Waals surface area (Å²) >= 11 is 0. The molecule has 0 spiro atoms. The Morgan fingerprint density at radius 2 is 1.89 bits per heavy atom. The van der Waals surface area contributed by atoms with Crippen molar-refractivity contribution >= 4 is 5.69 Å². The number of hydrogen-bond donors (Lipinski definition) is 1. The molecule has 0 bridgehead atoms. The van der Waals surface area contributed by atoms with E-state index in [1.807, 2.05) is 6.20 Å². The van der Waals surface area contributed by atoms with Gasteiger partial charge >= 0.3 is 0 Å². The van der Waals surface area contributed by atoms with Gasteiger partial charge in [0.15, 0.2) is 0 Å². The Bertz CT molecular complexity index is 359. The minimum Gasteiger partial charge on any atom is -0.370 e. The average Bonchev–Trinajstić information content (AvgIpc) is 2.43. The predicted molar refractivity (Wildman–Crippen MR) is 83.6 cm³/mol. The van der Waals surface area contributed by atoms with Crippen molar-refractivity contribution in [3.05, 3.63) is 24.0 Å². The molecular formula is C16H29N3. The second-order valence-corrected chi connectivity index (χ2v) is 5.71. The van der Waals surface area contributed by atoms with Crippen LogP contribution in [0, 0.1) is 5.92 Å². The molecule has 0 saturated heterocycles. The molecule has 0 amide bonds. The van der Waals surface area contributed by atoms with Crippen molar-refractivity contribution in [2.24, 2.45) is 5.92 Å². The molecule has 0 radical (unpaired) electrons. The van der Waals surface area contributed by atoms with Crippen molar-refractivity contribution in [3.63, 3.8) is 0 Å². The third-order valence-corrected chi connectivity index (χ3v) is 3.90. The molecular weight excluding hydrogens is 234 g/mol. The Morgan fingerprint density at radius 3 is 2.37 bits per heavy atom. The first-order valence-electron chi connectivity index (χ1n) is 7.39. The van der Waals surface area contributed by atoms with E-state index in [-0.39, 0.29) is 0 Å². The lowest BCUT2D eigenvalue weighted by atomic mass is 10.0. The Balaban J connectivity index is 2.70. The van der Waals surface area contributed by atoms with Gasteiger partial charge in [0.2, 0.25) is 0 Å². The highest BCUT2D eigenvalue weighted by atomic mass is 15.1. The minimum absolute atomic E-state index is 0.321. The molecule has 3 heteroatoms. The van der Waals surface area contributed by atoms with Crippen molar-refractivity contribution in [1.29, 1.82) is 0 Å². The van der Waals surface area contributed by atoms with Crippen LogP contribution in [0.1, 0.15) is 52.8 Å². The number of nitrogens with zero attached hydrogens (tertiary/aromatic N) is 2. The van der Waals surface area contributed by atoms with Gasteiger partial charge in [-0.15, -0.1) is 0 Å². The van der Waals surface area contributed by atoms with Crippen molar-refractivity contribution in [2.45, 2.75) is 53.1 Å². The lowest BCUT2D eigenvalue weighted by Gasteiger charge is -2.30. The Kier molecular flexibility index (Phi) is 6.29. The van der Waals surface area contributed by atoms with Crippen molar-refractivity contribution in [2.75, 3.05) is 18.5 Å². The summed E-state index contributed by atoms with van der Waals surface area (Å²) in [5.74, 6) is 0.634. The van der Waals surface area contributed by atoms with Crippen LogP contribution in [0.25, 0.3) is 0 Å². The molecule has 108 valence electrons. The van der Waals surface area contributed by atoms with Crippen molar-refractivity contribution in [1.82, 2.24) is 10.3 Å². The molecule has 1 heterocycles. The Morgan fingerprint density at radius 1 is 1.21 bits per heavy atom. The highest BCUT2D eigenvalue weighted by Gasteiger charge is 2.14. The first-order chi connectivity index (χ1) is 8.97. The number of hydrogen-bond acceptors (Lipinski definition) is 3. The van der Waals surface area contributed by atoms with Crippen LogP contribution in [0.3, 0.4) is 0 Å². The van der Waals surface area contributed by atoms with Gasteiger partial charge in [0, 0.05) is 19.1 Å². The number of nitrogens with one attached hydrogen (secondary N) is 1. The molecule has 1 rings (SSSR count). The zero-order valence-electron chi connectivity index (χ0n) is 13.3. The van der Waals surface area contributed by atoms with Crippen molar-refractivity contribution in [3.8, 4) is 0 Å². The summed E-state index contributed by atoms with van der Waals surface area (Å²) in [5, 5.41) is 3.46. The fourth-order valence-electron chi connectivity index (χ4n) is 2.01. The van der Waals surface area contributed by atoms with E-state index in [1.54, 1.807) is 0 Å². The van der Waals surface area contributed by atoms with E-state index in [1.165, 1.54) is 5.69 Å². The highest BCUT2D eigenvalue weighted by molar-refractivity contribution is 5.45. The zero-order chi connectivity index (χ0) is 14.4. The number of rotatable bonds is 7. The molecule has 0 aliphatic carbocycles. The van der Waals surface area contributed by atoms with E-state index in [9.17, 15) is 0 Å². The molecule has 0 fully saturated rings. The van der Waals surface area contributed by atoms with Gasteiger partial charge in [-0.2, -0.15) is 0 Å². The van der Waals surface area contributed by atoms with E-state index in [0.717, 1.165) is 18.7 Å². The third-order valence-electron chi connectivity index (χ3n) is 3.90. The lowest BCUT2D eigenvalue weighted by Crippen LogP contribution is -2.33. The Labute approximate surface area is 118 Å². The molecule has 3 nitrogen and oxygen atoms in total.